The third-order valence-corrected chi connectivity index (χ3v) is 6.66. The van der Waals surface area contributed by atoms with E-state index in [9.17, 15) is 26.7 Å². The van der Waals surface area contributed by atoms with E-state index in [2.05, 4.69) is 10.6 Å². The van der Waals surface area contributed by atoms with Gasteiger partial charge in [0.2, 0.25) is 0 Å². The second-order valence-electron chi connectivity index (χ2n) is 6.80. The first-order valence-electron chi connectivity index (χ1n) is 8.64. The first-order chi connectivity index (χ1) is 13.8. The molecule has 0 radical (unpaired) electrons. The molecule has 0 aliphatic heterocycles. The van der Waals surface area contributed by atoms with E-state index < -0.39 is 42.6 Å². The number of benzene rings is 2. The highest BCUT2D eigenvalue weighted by Crippen LogP contribution is 2.21. The molecule has 0 fully saturated rings. The van der Waals surface area contributed by atoms with Crippen LogP contribution in [0.25, 0.3) is 0 Å². The van der Waals surface area contributed by atoms with Crippen molar-refractivity contribution >= 4 is 37.0 Å². The minimum absolute atomic E-state index is 0.376. The summed E-state index contributed by atoms with van der Waals surface area (Å²) in [5.74, 6) is -1.19. The van der Waals surface area contributed by atoms with Gasteiger partial charge in [0.05, 0.1) is 0 Å². The van der Waals surface area contributed by atoms with E-state index >= 15 is 0 Å². The molecule has 0 saturated carbocycles. The lowest BCUT2D eigenvalue weighted by Gasteiger charge is -2.19. The molecule has 0 aromatic heterocycles. The van der Waals surface area contributed by atoms with E-state index in [0.717, 1.165) is 12.5 Å². The van der Waals surface area contributed by atoms with Gasteiger partial charge < -0.3 is 27.2 Å². The first kappa shape index (κ1) is 23.6. The molecule has 0 heterocycles. The molecule has 0 aliphatic rings. The average molecular weight is 457 g/mol. The van der Waals surface area contributed by atoms with Gasteiger partial charge in [0.1, 0.15) is 10.7 Å². The normalized spacial score (nSPS) is 15.1. The van der Waals surface area contributed by atoms with E-state index in [1.807, 2.05) is 0 Å². The topological polar surface area (TPSA) is 182 Å². The van der Waals surface area contributed by atoms with Crippen molar-refractivity contribution in [2.24, 2.45) is 11.5 Å². The molecule has 2 aromatic carbocycles. The summed E-state index contributed by atoms with van der Waals surface area (Å²) in [7, 11) is -6.92. The molecule has 10 nitrogen and oxygen atoms in total. The molecular weight excluding hydrogens is 432 g/mol. The van der Waals surface area contributed by atoms with E-state index in [1.54, 1.807) is 0 Å². The first-order valence-corrected chi connectivity index (χ1v) is 12.5. The number of hydrogen-bond donors (Lipinski definition) is 5. The quantitative estimate of drug-likeness (QED) is 0.335. The van der Waals surface area contributed by atoms with Crippen LogP contribution in [0, 0.1) is 0 Å². The Morgan fingerprint density at radius 3 is 1.30 bits per heavy atom. The van der Waals surface area contributed by atoms with E-state index in [1.165, 1.54) is 48.5 Å². The number of sulfone groups is 2. The van der Waals surface area contributed by atoms with Gasteiger partial charge in [-0.15, -0.1) is 0 Å². The molecule has 0 saturated heterocycles. The van der Waals surface area contributed by atoms with Gasteiger partial charge in [0.25, 0.3) is 0 Å². The number of carbonyl (C=O) groups is 1. The number of rotatable bonds is 9. The lowest BCUT2D eigenvalue weighted by molar-refractivity contribution is -0.137. The highest BCUT2D eigenvalue weighted by molar-refractivity contribution is 7.91. The molecule has 12 heteroatoms. The van der Waals surface area contributed by atoms with Crippen LogP contribution in [0.3, 0.4) is 0 Å². The fourth-order valence-corrected chi connectivity index (χ4v) is 3.83. The molecule has 164 valence electrons. The third-order valence-electron chi connectivity index (χ3n) is 4.27. The second kappa shape index (κ2) is 9.00. The van der Waals surface area contributed by atoms with Crippen LogP contribution in [0.4, 0.5) is 11.4 Å². The summed E-state index contributed by atoms with van der Waals surface area (Å²) in [5.41, 5.74) is 12.9. The number of nitrogens with two attached hydrogens (primary N) is 2. The highest BCUT2D eigenvalue weighted by Gasteiger charge is 2.21. The Hall–Kier alpha value is -2.67. The maximum atomic E-state index is 11.6. The molecule has 30 heavy (non-hydrogen) atoms. The maximum Gasteiger partial charge on any atom is 0.347 e. The van der Waals surface area contributed by atoms with Gasteiger partial charge in [-0.3, -0.25) is 0 Å². The minimum atomic E-state index is -3.46. The van der Waals surface area contributed by atoms with Crippen molar-refractivity contribution in [3.05, 3.63) is 59.7 Å². The van der Waals surface area contributed by atoms with Gasteiger partial charge in [-0.05, 0) is 35.4 Å². The summed E-state index contributed by atoms with van der Waals surface area (Å²) < 4.78 is 46.2. The van der Waals surface area contributed by atoms with Gasteiger partial charge in [0, 0.05) is 23.9 Å². The third kappa shape index (κ3) is 6.16. The Morgan fingerprint density at radius 1 is 0.767 bits per heavy atom. The maximum absolute atomic E-state index is 11.6. The van der Waals surface area contributed by atoms with Crippen molar-refractivity contribution in [3.8, 4) is 0 Å². The van der Waals surface area contributed by atoms with E-state index in [4.69, 9.17) is 11.5 Å². The van der Waals surface area contributed by atoms with Gasteiger partial charge in [-0.1, -0.05) is 24.3 Å². The predicted molar refractivity (Wildman–Crippen MR) is 115 cm³/mol. The standard InChI is InChI=1S/C18H24N4O6S2/c1-29(25,26)15(19)11-3-7-13(8-4-11)21-17(18(23)24)22-14-9-5-12(6-10-14)16(20)30(2,27)28/h3-10,15-17,21-22H,19-20H2,1-2H3,(H,23,24). The Morgan fingerprint density at radius 2 is 1.07 bits per heavy atom. The van der Waals surface area contributed by atoms with Crippen LogP contribution < -0.4 is 22.1 Å². The summed E-state index contributed by atoms with van der Waals surface area (Å²) in [4.78, 5) is 11.6. The Labute approximate surface area is 175 Å². The van der Waals surface area contributed by atoms with E-state index in [0.29, 0.717) is 22.5 Å². The van der Waals surface area contributed by atoms with Crippen LogP contribution in [0.1, 0.15) is 21.9 Å². The van der Waals surface area contributed by atoms with Crippen LogP contribution in [0.2, 0.25) is 0 Å². The van der Waals surface area contributed by atoms with Crippen molar-refractivity contribution in [2.75, 3.05) is 23.1 Å². The fraction of sp³-hybridized carbons (Fsp3) is 0.278. The largest absolute Gasteiger partial charge is 0.478 e. The highest BCUT2D eigenvalue weighted by atomic mass is 32.2. The molecule has 0 aliphatic carbocycles. The molecule has 0 amide bonds. The summed E-state index contributed by atoms with van der Waals surface area (Å²) in [5, 5.41) is 12.7. The van der Waals surface area contributed by atoms with Crippen LogP contribution in [0.5, 0.6) is 0 Å². The summed E-state index contributed by atoms with van der Waals surface area (Å²) in [6.45, 7) is 0. The van der Waals surface area contributed by atoms with Gasteiger partial charge in [0.15, 0.2) is 25.8 Å². The second-order valence-corrected chi connectivity index (χ2v) is 11.1. The molecule has 2 aromatic rings. The average Bonchev–Trinajstić information content (AvgIpc) is 2.66. The Bertz CT molecular complexity index is 1020. The summed E-state index contributed by atoms with van der Waals surface area (Å²) in [6.07, 6.45) is 0.846. The number of hydrogen-bond acceptors (Lipinski definition) is 9. The molecule has 0 bridgehead atoms. The Kier molecular flexibility index (Phi) is 7.08. The minimum Gasteiger partial charge on any atom is -0.478 e. The SMILES string of the molecule is CS(=O)(=O)C(N)c1ccc(NC(Nc2ccc(C(N)S(C)(=O)=O)cc2)C(=O)O)cc1. The van der Waals surface area contributed by atoms with Crippen LogP contribution in [-0.4, -0.2) is 46.6 Å². The van der Waals surface area contributed by atoms with Crippen molar-refractivity contribution in [2.45, 2.75) is 16.9 Å². The number of anilines is 2. The molecule has 0 spiro atoms. The zero-order chi connectivity index (χ0) is 22.7. The Balaban J connectivity index is 2.13. The number of aliphatic carboxylic acids is 1. The fourth-order valence-electron chi connectivity index (χ4n) is 2.53. The van der Waals surface area contributed by atoms with Crippen molar-refractivity contribution in [3.63, 3.8) is 0 Å². The molecule has 2 atom stereocenters. The molecule has 2 rings (SSSR count). The van der Waals surface area contributed by atoms with Crippen LogP contribution >= 0.6 is 0 Å². The number of nitrogens with one attached hydrogen (secondary N) is 2. The molecule has 2 unspecified atom stereocenters. The zero-order valence-corrected chi connectivity index (χ0v) is 17.9. The summed E-state index contributed by atoms with van der Waals surface area (Å²) in [6, 6.07) is 12.1. The van der Waals surface area contributed by atoms with E-state index in [-0.39, 0.29) is 0 Å². The smallest absolute Gasteiger partial charge is 0.347 e. The van der Waals surface area contributed by atoms with Crippen LogP contribution in [0.15, 0.2) is 48.5 Å². The molecule has 7 N–H and O–H groups in total. The summed E-state index contributed by atoms with van der Waals surface area (Å²) >= 11 is 0. The zero-order valence-electron chi connectivity index (χ0n) is 16.3. The van der Waals surface area contributed by atoms with Crippen molar-refractivity contribution in [1.29, 1.82) is 0 Å². The van der Waals surface area contributed by atoms with Crippen molar-refractivity contribution in [1.82, 2.24) is 0 Å². The predicted octanol–water partition coefficient (Wildman–Crippen LogP) is 0.625. The number of carboxylic acids is 1. The van der Waals surface area contributed by atoms with Crippen molar-refractivity contribution < 1.29 is 26.7 Å². The van der Waals surface area contributed by atoms with Gasteiger partial charge in [-0.2, -0.15) is 0 Å². The lowest BCUT2D eigenvalue weighted by atomic mass is 10.2. The monoisotopic (exact) mass is 456 g/mol. The molecular formula is C18H24N4O6S2. The van der Waals surface area contributed by atoms with Crippen LogP contribution in [-0.2, 0) is 24.5 Å². The number of carboxylic acid groups (broad SMARTS) is 1. The van der Waals surface area contributed by atoms with Gasteiger partial charge >= 0.3 is 5.97 Å². The van der Waals surface area contributed by atoms with Gasteiger partial charge in [-0.25, -0.2) is 21.6 Å². The lowest BCUT2D eigenvalue weighted by Crippen LogP contribution is -2.36.